The van der Waals surface area contributed by atoms with E-state index >= 15 is 0 Å². The molecule has 0 spiro atoms. The van der Waals surface area contributed by atoms with Gasteiger partial charge in [0.05, 0.1) is 12.5 Å². The molecular formula is C20H26ClN3O8S. The predicted molar refractivity (Wildman–Crippen MR) is 121 cm³/mol. The summed E-state index contributed by atoms with van der Waals surface area (Å²) in [6, 6.07) is 4.14. The molecule has 3 unspecified atom stereocenters. The number of nitrogens with one attached hydrogen (secondary N) is 2. The van der Waals surface area contributed by atoms with Crippen molar-refractivity contribution in [1.29, 1.82) is 0 Å². The Morgan fingerprint density at radius 3 is 2.36 bits per heavy atom. The first kappa shape index (κ1) is 28.2. The van der Waals surface area contributed by atoms with Gasteiger partial charge in [-0.3, -0.25) is 24.0 Å². The molecule has 33 heavy (non-hydrogen) atoms. The third-order valence-corrected chi connectivity index (χ3v) is 5.61. The quantitative estimate of drug-likeness (QED) is 0.239. The lowest BCUT2D eigenvalue weighted by Crippen LogP contribution is -2.49. The van der Waals surface area contributed by atoms with Crippen LogP contribution in [0.1, 0.15) is 19.8 Å². The molecule has 2 amide bonds. The van der Waals surface area contributed by atoms with E-state index in [4.69, 9.17) is 32.3 Å². The fourth-order valence-electron chi connectivity index (χ4n) is 2.27. The van der Waals surface area contributed by atoms with Crippen molar-refractivity contribution in [1.82, 2.24) is 10.6 Å². The van der Waals surface area contributed by atoms with Crippen molar-refractivity contribution in [3.05, 3.63) is 29.3 Å². The number of nitrogens with two attached hydrogens (primary N) is 1. The van der Waals surface area contributed by atoms with E-state index in [2.05, 4.69) is 10.6 Å². The van der Waals surface area contributed by atoms with E-state index in [-0.39, 0.29) is 30.3 Å². The van der Waals surface area contributed by atoms with E-state index in [0.29, 0.717) is 10.8 Å². The summed E-state index contributed by atoms with van der Waals surface area (Å²) in [4.78, 5) is 58.3. The molecule has 0 aliphatic carbocycles. The molecule has 0 saturated carbocycles. The summed E-state index contributed by atoms with van der Waals surface area (Å²) < 4.78 is 5.53. The normalized spacial score (nSPS) is 13.3. The van der Waals surface area contributed by atoms with Gasteiger partial charge in [-0.15, -0.1) is 0 Å². The Morgan fingerprint density at radius 2 is 1.79 bits per heavy atom. The second-order valence-electron chi connectivity index (χ2n) is 7.01. The third-order valence-electron chi connectivity index (χ3n) is 4.17. The number of carboxylic acids is 2. The maximum atomic E-state index is 12.4. The van der Waals surface area contributed by atoms with Crippen molar-refractivity contribution in [3.63, 3.8) is 0 Å². The standard InChI is InChI=1S/C20H26ClN3O8S/c1-11(9-32-13-4-2-12(21)3-5-13)20(31)33-10-15(18(28)23-8-17(26)27)24-16(25)7-6-14(22)19(29)30/h2-5,11,14-15H,6-10,22H2,1H3,(H,23,28)(H,24,25)(H,26,27)(H,29,30). The van der Waals surface area contributed by atoms with Gasteiger partial charge in [-0.1, -0.05) is 30.3 Å². The number of carboxylic acid groups (broad SMARTS) is 2. The van der Waals surface area contributed by atoms with Crippen LogP contribution >= 0.6 is 23.4 Å². The summed E-state index contributed by atoms with van der Waals surface area (Å²) in [7, 11) is 0. The summed E-state index contributed by atoms with van der Waals surface area (Å²) in [6.07, 6.45) is -0.421. The Hall–Kier alpha value is -2.83. The molecular weight excluding hydrogens is 478 g/mol. The van der Waals surface area contributed by atoms with Gasteiger partial charge in [0.1, 0.15) is 24.4 Å². The van der Waals surface area contributed by atoms with Gasteiger partial charge in [-0.25, -0.2) is 0 Å². The monoisotopic (exact) mass is 503 g/mol. The number of carbonyl (C=O) groups is 5. The Bertz CT molecular complexity index is 852. The van der Waals surface area contributed by atoms with E-state index in [9.17, 15) is 24.0 Å². The first-order valence-corrected chi connectivity index (χ1v) is 11.2. The topological polar surface area (TPSA) is 185 Å². The zero-order valence-corrected chi connectivity index (χ0v) is 19.4. The van der Waals surface area contributed by atoms with Crippen LogP contribution in [-0.4, -0.2) is 70.1 Å². The maximum absolute atomic E-state index is 12.4. The van der Waals surface area contributed by atoms with Gasteiger partial charge in [0, 0.05) is 17.2 Å². The van der Waals surface area contributed by atoms with Crippen LogP contribution in [0.4, 0.5) is 0 Å². The van der Waals surface area contributed by atoms with Gasteiger partial charge in [0.2, 0.25) is 11.8 Å². The van der Waals surface area contributed by atoms with Crippen LogP contribution in [0.25, 0.3) is 0 Å². The summed E-state index contributed by atoms with van der Waals surface area (Å²) in [6.45, 7) is 1.04. The van der Waals surface area contributed by atoms with Crippen molar-refractivity contribution < 1.29 is 38.9 Å². The van der Waals surface area contributed by atoms with Crippen molar-refractivity contribution >= 4 is 52.2 Å². The zero-order valence-electron chi connectivity index (χ0n) is 17.8. The van der Waals surface area contributed by atoms with Gasteiger partial charge < -0.3 is 31.3 Å². The zero-order chi connectivity index (χ0) is 25.0. The summed E-state index contributed by atoms with van der Waals surface area (Å²) in [5, 5.41) is 22.3. The number of hydrogen-bond donors (Lipinski definition) is 5. The van der Waals surface area contributed by atoms with E-state index in [0.717, 1.165) is 11.8 Å². The van der Waals surface area contributed by atoms with Crippen LogP contribution < -0.4 is 21.1 Å². The highest BCUT2D eigenvalue weighted by molar-refractivity contribution is 8.13. The number of carbonyl (C=O) groups excluding carboxylic acids is 3. The molecule has 13 heteroatoms. The molecule has 0 bridgehead atoms. The van der Waals surface area contributed by atoms with Crippen LogP contribution in [0, 0.1) is 5.92 Å². The minimum Gasteiger partial charge on any atom is -0.493 e. The van der Waals surface area contributed by atoms with Crippen LogP contribution in [0.2, 0.25) is 5.02 Å². The van der Waals surface area contributed by atoms with Gasteiger partial charge in [-0.05, 0) is 30.7 Å². The number of ether oxygens (including phenoxy) is 1. The summed E-state index contributed by atoms with van der Waals surface area (Å²) >= 11 is 6.59. The number of rotatable bonds is 14. The number of hydrogen-bond acceptors (Lipinski definition) is 8. The van der Waals surface area contributed by atoms with Crippen LogP contribution in [0.15, 0.2) is 24.3 Å². The average molecular weight is 504 g/mol. The molecule has 0 radical (unpaired) electrons. The predicted octanol–water partition coefficient (Wildman–Crippen LogP) is 0.492. The van der Waals surface area contributed by atoms with Crippen molar-refractivity contribution in [2.24, 2.45) is 11.7 Å². The van der Waals surface area contributed by atoms with Crippen LogP contribution in [-0.2, 0) is 24.0 Å². The number of halogens is 1. The minimum atomic E-state index is -1.28. The fourth-order valence-corrected chi connectivity index (χ4v) is 3.32. The SMILES string of the molecule is CC(COc1ccc(Cl)cc1)C(=O)SCC(NC(=O)CCC(N)C(=O)O)C(=O)NCC(=O)O. The molecule has 0 heterocycles. The van der Waals surface area contributed by atoms with E-state index < -0.39 is 48.3 Å². The molecule has 11 nitrogen and oxygen atoms in total. The Labute approximate surface area is 199 Å². The largest absolute Gasteiger partial charge is 0.493 e. The molecule has 0 saturated heterocycles. The second kappa shape index (κ2) is 14.3. The number of benzene rings is 1. The lowest BCUT2D eigenvalue weighted by molar-refractivity contribution is -0.139. The molecule has 0 fully saturated rings. The molecule has 6 N–H and O–H groups in total. The Kier molecular flexibility index (Phi) is 12.3. The van der Waals surface area contributed by atoms with E-state index in [1.54, 1.807) is 31.2 Å². The fraction of sp³-hybridized carbons (Fsp3) is 0.450. The molecule has 1 aromatic carbocycles. The van der Waals surface area contributed by atoms with Crippen LogP contribution in [0.3, 0.4) is 0 Å². The highest BCUT2D eigenvalue weighted by atomic mass is 35.5. The lowest BCUT2D eigenvalue weighted by atomic mass is 10.1. The molecule has 182 valence electrons. The highest BCUT2D eigenvalue weighted by Gasteiger charge is 2.25. The second-order valence-corrected chi connectivity index (χ2v) is 8.47. The minimum absolute atomic E-state index is 0.0722. The molecule has 3 atom stereocenters. The highest BCUT2D eigenvalue weighted by Crippen LogP contribution is 2.18. The van der Waals surface area contributed by atoms with E-state index in [1.807, 2.05) is 0 Å². The summed E-state index contributed by atoms with van der Waals surface area (Å²) in [5.74, 6) is -4.17. The smallest absolute Gasteiger partial charge is 0.322 e. The third kappa shape index (κ3) is 11.6. The Morgan fingerprint density at radius 1 is 1.15 bits per heavy atom. The van der Waals surface area contributed by atoms with Crippen molar-refractivity contribution in [2.75, 3.05) is 18.9 Å². The molecule has 1 rings (SSSR count). The number of aliphatic carboxylic acids is 2. The van der Waals surface area contributed by atoms with Gasteiger partial charge in [0.25, 0.3) is 0 Å². The first-order chi connectivity index (χ1) is 15.5. The maximum Gasteiger partial charge on any atom is 0.322 e. The molecule has 0 aromatic heterocycles. The lowest BCUT2D eigenvalue weighted by Gasteiger charge is -2.19. The number of amides is 2. The Balaban J connectivity index is 2.62. The number of thioether (sulfide) groups is 1. The molecule has 0 aliphatic rings. The van der Waals surface area contributed by atoms with Gasteiger partial charge in [-0.2, -0.15) is 0 Å². The molecule has 1 aromatic rings. The van der Waals surface area contributed by atoms with E-state index in [1.165, 1.54) is 0 Å². The van der Waals surface area contributed by atoms with Gasteiger partial charge in [0.15, 0.2) is 5.12 Å². The molecule has 0 aliphatic heterocycles. The summed E-state index contributed by atoms with van der Waals surface area (Å²) in [5.41, 5.74) is 5.35. The van der Waals surface area contributed by atoms with Crippen LogP contribution in [0.5, 0.6) is 5.75 Å². The van der Waals surface area contributed by atoms with Crippen molar-refractivity contribution in [3.8, 4) is 5.75 Å². The van der Waals surface area contributed by atoms with Crippen molar-refractivity contribution in [2.45, 2.75) is 31.8 Å². The average Bonchev–Trinajstić information content (AvgIpc) is 2.77. The van der Waals surface area contributed by atoms with Gasteiger partial charge >= 0.3 is 11.9 Å². The first-order valence-electron chi connectivity index (χ1n) is 9.81.